The molecule has 0 aliphatic carbocycles. The molecule has 0 aromatic heterocycles. The summed E-state index contributed by atoms with van der Waals surface area (Å²) in [5.41, 5.74) is 2.37. The fourth-order valence-electron chi connectivity index (χ4n) is 6.67. The third-order valence-electron chi connectivity index (χ3n) is 9.20. The standard InChI is InChI=1S/C35H46N4O6S2/c40-33(41)18-8-7-15-30(39(43)24-10-17-32(39)27-45-35(47)37-22-20-29-13-5-2-6-14-29)25-38(42)23-9-16-31(38)26-44-34(46)36-21-19-28-11-3-1-4-12-28/h1-6,11-14,30-32H,7,9-10,15-17,19-27H2,(H,36,46)(H,37,47)(H,40,41). The molecule has 3 N–H and O–H groups in total. The average Bonchev–Trinajstić information content (AvgIpc) is 3.63. The minimum absolute atomic E-state index is 0.0940. The number of nitrogens with zero attached hydrogens (tertiary/aromatic N) is 2. The Balaban J connectivity index is 1.34. The van der Waals surface area contributed by atoms with Crippen LogP contribution < -0.4 is 10.6 Å². The Kier molecular flexibility index (Phi) is 14.2. The molecule has 2 aliphatic rings. The number of thiocarbonyl (C=S) groups is 2. The SMILES string of the molecule is O=C(O)C#CCCC(C[N+]1([O-])CCCC1COC(=S)NCCc1ccccc1)[N+]1([O-])CCCC1COC(=S)NCCc1ccccc1. The van der Waals surface area contributed by atoms with Crippen LogP contribution in [0.1, 0.15) is 49.7 Å². The number of quaternary nitrogens is 2. The molecule has 47 heavy (non-hydrogen) atoms. The highest BCUT2D eigenvalue weighted by atomic mass is 32.1. The largest absolute Gasteiger partial charge is 0.632 e. The van der Waals surface area contributed by atoms with E-state index in [0.717, 1.165) is 19.3 Å². The Morgan fingerprint density at radius 3 is 1.98 bits per heavy atom. The maximum Gasteiger partial charge on any atom is 0.381 e. The molecule has 5 unspecified atom stereocenters. The van der Waals surface area contributed by atoms with Crippen molar-refractivity contribution in [1.82, 2.24) is 10.6 Å². The fraction of sp³-hybridized carbons (Fsp3) is 0.514. The predicted octanol–water partition coefficient (Wildman–Crippen LogP) is 4.44. The number of rotatable bonds is 15. The highest BCUT2D eigenvalue weighted by Crippen LogP contribution is 2.36. The normalized spacial score (nSPS) is 24.0. The molecule has 2 aromatic carbocycles. The second-order valence-corrected chi connectivity index (χ2v) is 13.1. The Labute approximate surface area is 288 Å². The van der Waals surface area contributed by atoms with E-state index in [-0.39, 0.29) is 42.6 Å². The van der Waals surface area contributed by atoms with Crippen LogP contribution in [0.4, 0.5) is 0 Å². The van der Waals surface area contributed by atoms with E-state index in [0.29, 0.717) is 51.9 Å². The van der Waals surface area contributed by atoms with Gasteiger partial charge < -0.3 is 44.9 Å². The van der Waals surface area contributed by atoms with Crippen LogP contribution in [0.5, 0.6) is 0 Å². The molecule has 2 saturated heterocycles. The molecule has 2 fully saturated rings. The fourth-order valence-corrected chi connectivity index (χ4v) is 7.01. The van der Waals surface area contributed by atoms with Crippen molar-refractivity contribution >= 4 is 40.8 Å². The zero-order valence-corrected chi connectivity index (χ0v) is 28.4. The van der Waals surface area contributed by atoms with E-state index < -0.39 is 27.3 Å². The molecule has 2 aromatic rings. The maximum absolute atomic E-state index is 14.6. The molecule has 0 bridgehead atoms. The summed E-state index contributed by atoms with van der Waals surface area (Å²) in [4.78, 5) is 11.0. The predicted molar refractivity (Wildman–Crippen MR) is 190 cm³/mol. The number of benzene rings is 2. The highest BCUT2D eigenvalue weighted by Gasteiger charge is 2.46. The van der Waals surface area contributed by atoms with Crippen LogP contribution in [0.25, 0.3) is 0 Å². The first kappa shape index (κ1) is 36.5. The number of hydrogen-bond acceptors (Lipinski definition) is 7. The first-order valence-corrected chi connectivity index (χ1v) is 17.3. The van der Waals surface area contributed by atoms with Crippen molar-refractivity contribution in [2.45, 2.75) is 69.5 Å². The van der Waals surface area contributed by atoms with Gasteiger partial charge in [-0.05, 0) is 48.4 Å². The van der Waals surface area contributed by atoms with Gasteiger partial charge in [0.2, 0.25) is 0 Å². The molecule has 5 atom stereocenters. The van der Waals surface area contributed by atoms with E-state index in [2.05, 4.69) is 46.7 Å². The lowest BCUT2D eigenvalue weighted by Gasteiger charge is -2.54. The number of ether oxygens (including phenoxy) is 2. The van der Waals surface area contributed by atoms with Crippen molar-refractivity contribution in [3.63, 3.8) is 0 Å². The summed E-state index contributed by atoms with van der Waals surface area (Å²) in [6, 6.07) is 18.8. The molecule has 0 radical (unpaired) electrons. The zero-order valence-electron chi connectivity index (χ0n) is 26.8. The van der Waals surface area contributed by atoms with Gasteiger partial charge in [0.05, 0.1) is 13.1 Å². The summed E-state index contributed by atoms with van der Waals surface area (Å²) in [5, 5.41) is 44.7. The molecule has 4 rings (SSSR count). The molecule has 12 heteroatoms. The smallest absolute Gasteiger partial charge is 0.381 e. The summed E-state index contributed by atoms with van der Waals surface area (Å²) >= 11 is 10.8. The Hall–Kier alpha value is -3.31. The lowest BCUT2D eigenvalue weighted by Crippen LogP contribution is -2.63. The van der Waals surface area contributed by atoms with Crippen molar-refractivity contribution in [2.75, 3.05) is 45.9 Å². The van der Waals surface area contributed by atoms with Crippen molar-refractivity contribution in [3.05, 3.63) is 82.2 Å². The van der Waals surface area contributed by atoms with E-state index in [1.165, 1.54) is 11.1 Å². The van der Waals surface area contributed by atoms with Gasteiger partial charge in [0.25, 0.3) is 10.3 Å². The average molecular weight is 683 g/mol. The van der Waals surface area contributed by atoms with Crippen LogP contribution in [0.3, 0.4) is 0 Å². The number of carbonyl (C=O) groups is 1. The number of carboxylic acid groups (broad SMARTS) is 1. The van der Waals surface area contributed by atoms with Crippen LogP contribution in [0.2, 0.25) is 0 Å². The Morgan fingerprint density at radius 1 is 0.872 bits per heavy atom. The van der Waals surface area contributed by atoms with E-state index in [1.54, 1.807) is 0 Å². The van der Waals surface area contributed by atoms with Crippen LogP contribution in [0, 0.1) is 22.3 Å². The van der Waals surface area contributed by atoms with Gasteiger partial charge in [-0.2, -0.15) is 0 Å². The van der Waals surface area contributed by atoms with Gasteiger partial charge in [-0.15, -0.1) is 0 Å². The van der Waals surface area contributed by atoms with Crippen molar-refractivity contribution in [2.24, 2.45) is 0 Å². The van der Waals surface area contributed by atoms with E-state index >= 15 is 0 Å². The second-order valence-electron chi connectivity index (χ2n) is 12.3. The van der Waals surface area contributed by atoms with Crippen molar-refractivity contribution in [1.29, 1.82) is 0 Å². The topological polar surface area (TPSA) is 126 Å². The Morgan fingerprint density at radius 2 is 1.40 bits per heavy atom. The number of aliphatic carboxylic acids is 1. The van der Waals surface area contributed by atoms with Crippen LogP contribution in [0.15, 0.2) is 60.7 Å². The van der Waals surface area contributed by atoms with Crippen LogP contribution in [-0.4, -0.2) is 94.8 Å². The molecule has 10 nitrogen and oxygen atoms in total. The Bertz CT molecular complexity index is 1370. The molecular weight excluding hydrogens is 637 g/mol. The number of likely N-dealkylation sites (tertiary alicyclic amines) is 2. The van der Waals surface area contributed by atoms with Crippen molar-refractivity contribution in [3.8, 4) is 11.8 Å². The van der Waals surface area contributed by atoms with E-state index in [4.69, 9.17) is 39.0 Å². The second kappa shape index (κ2) is 18.3. The quantitative estimate of drug-likeness (QED) is 0.107. The lowest BCUT2D eigenvalue weighted by atomic mass is 10.1. The molecule has 0 spiro atoms. The number of hydroxylamine groups is 6. The molecular formula is C35H46N4O6S2. The first-order chi connectivity index (χ1) is 22.7. The molecule has 2 aliphatic heterocycles. The van der Waals surface area contributed by atoms with Crippen LogP contribution in [-0.2, 0) is 27.1 Å². The van der Waals surface area contributed by atoms with E-state index in [9.17, 15) is 15.2 Å². The van der Waals surface area contributed by atoms with Gasteiger partial charge >= 0.3 is 5.97 Å². The molecule has 2 heterocycles. The minimum Gasteiger partial charge on any atom is -0.632 e. The molecule has 254 valence electrons. The van der Waals surface area contributed by atoms with Gasteiger partial charge in [-0.3, -0.25) is 0 Å². The molecule has 0 amide bonds. The van der Waals surface area contributed by atoms with E-state index in [1.807, 2.05) is 36.4 Å². The molecule has 0 saturated carbocycles. The first-order valence-electron chi connectivity index (χ1n) is 16.4. The maximum atomic E-state index is 14.6. The van der Waals surface area contributed by atoms with Gasteiger partial charge in [-0.1, -0.05) is 66.6 Å². The van der Waals surface area contributed by atoms with Gasteiger partial charge in [0.1, 0.15) is 37.9 Å². The van der Waals surface area contributed by atoms with Gasteiger partial charge in [0.15, 0.2) is 0 Å². The van der Waals surface area contributed by atoms with Crippen LogP contribution >= 0.6 is 24.4 Å². The summed E-state index contributed by atoms with van der Waals surface area (Å²) in [6.45, 7) is 2.38. The lowest BCUT2D eigenvalue weighted by molar-refractivity contribution is -0.966. The van der Waals surface area contributed by atoms with Gasteiger partial charge in [0, 0.05) is 57.5 Å². The number of hydrogen-bond donors (Lipinski definition) is 3. The number of carboxylic acids is 1. The minimum atomic E-state index is -1.22. The monoisotopic (exact) mass is 682 g/mol. The third kappa shape index (κ3) is 11.4. The summed E-state index contributed by atoms with van der Waals surface area (Å²) in [5.74, 6) is 3.58. The summed E-state index contributed by atoms with van der Waals surface area (Å²) in [6.07, 6.45) is 4.88. The zero-order chi connectivity index (χ0) is 33.5. The highest BCUT2D eigenvalue weighted by molar-refractivity contribution is 7.80. The third-order valence-corrected chi connectivity index (χ3v) is 9.73. The van der Waals surface area contributed by atoms with Crippen molar-refractivity contribution < 1.29 is 28.7 Å². The summed E-state index contributed by atoms with van der Waals surface area (Å²) < 4.78 is 10.6. The summed E-state index contributed by atoms with van der Waals surface area (Å²) in [7, 11) is 0. The van der Waals surface area contributed by atoms with Gasteiger partial charge in [-0.25, -0.2) is 4.79 Å². The number of nitrogens with one attached hydrogen (secondary N) is 2.